The molecule has 3 fully saturated rings. The van der Waals surface area contributed by atoms with Crippen LogP contribution >= 0.6 is 0 Å². The summed E-state index contributed by atoms with van der Waals surface area (Å²) in [5.74, 6) is -2.07. The first-order valence-electron chi connectivity index (χ1n) is 41.6. The zero-order valence-electron chi connectivity index (χ0n) is 74.2. The van der Waals surface area contributed by atoms with Crippen LogP contribution in [0.4, 0.5) is 26.3 Å². The molecule has 18 nitrogen and oxygen atoms in total. The van der Waals surface area contributed by atoms with Crippen molar-refractivity contribution >= 4 is 63.0 Å². The minimum Gasteiger partial charge on any atom is -0.743 e. The number of rotatable bonds is 24. The largest absolute Gasteiger partial charge is 0.743 e. The van der Waals surface area contributed by atoms with E-state index in [-0.39, 0.29) is 45.7 Å². The average Bonchev–Trinajstić information content (AvgIpc) is 0.793. The van der Waals surface area contributed by atoms with Crippen LogP contribution in [-0.2, 0) is 125 Å². The van der Waals surface area contributed by atoms with Crippen LogP contribution in [0.3, 0.4) is 0 Å². The van der Waals surface area contributed by atoms with Crippen LogP contribution in [-0.4, -0.2) is 112 Å². The third-order valence-electron chi connectivity index (χ3n) is 22.3. The van der Waals surface area contributed by atoms with E-state index in [2.05, 4.69) is 180 Å². The molecule has 0 amide bonds. The maximum atomic E-state index is 14.0. The van der Waals surface area contributed by atoms with Crippen LogP contribution in [0.5, 0.6) is 17.2 Å². The lowest BCUT2D eigenvalue weighted by atomic mass is 9.87. The summed E-state index contributed by atoms with van der Waals surface area (Å²) in [4.78, 5) is 8.95. The van der Waals surface area contributed by atoms with Crippen LogP contribution in [0.1, 0.15) is 190 Å². The van der Waals surface area contributed by atoms with Gasteiger partial charge < -0.3 is 56.3 Å². The highest BCUT2D eigenvalue weighted by molar-refractivity contribution is 7.97. The first-order valence-corrected chi connectivity index (χ1v) is 49.5. The summed E-state index contributed by atoms with van der Waals surface area (Å²) in [7, 11) is -19.3. The summed E-state index contributed by atoms with van der Waals surface area (Å²) < 4.78 is 235. The zero-order chi connectivity index (χ0) is 92.8. The van der Waals surface area contributed by atoms with Gasteiger partial charge in [-0.25, -0.2) is 25.3 Å². The fourth-order valence-corrected chi connectivity index (χ4v) is 21.6. The van der Waals surface area contributed by atoms with E-state index in [1.165, 1.54) is 53.1 Å². The fourth-order valence-electron chi connectivity index (χ4n) is 14.1. The Labute approximate surface area is 747 Å². The van der Waals surface area contributed by atoms with Crippen molar-refractivity contribution < 1.29 is 108 Å². The zero-order valence-corrected chi connectivity index (χ0v) is 79.1. The summed E-state index contributed by atoms with van der Waals surface area (Å²) >= 11 is 0. The quantitative estimate of drug-likeness (QED) is 0.0309. The molecule has 0 radical (unpaired) electrons. The van der Waals surface area contributed by atoms with Crippen molar-refractivity contribution in [1.82, 2.24) is 0 Å². The van der Waals surface area contributed by atoms with E-state index in [1.54, 1.807) is 36.4 Å². The summed E-state index contributed by atoms with van der Waals surface area (Å²) in [6, 6.07) is 69.3. The van der Waals surface area contributed by atoms with E-state index in [9.17, 15) is 65.3 Å². The molecule has 3 aliphatic rings. The van der Waals surface area contributed by atoms with Crippen molar-refractivity contribution in [3.8, 4) is 17.2 Å². The number of benzene rings is 9. The number of halogens is 6. The number of alkyl halides is 6. The lowest BCUT2D eigenvalue weighted by Gasteiger charge is -2.31. The Balaban J connectivity index is 0.000000197. The van der Waals surface area contributed by atoms with E-state index in [4.69, 9.17) is 42.6 Å². The minimum absolute atomic E-state index is 0.0117. The second-order valence-corrected chi connectivity index (χ2v) is 45.6. The van der Waals surface area contributed by atoms with Gasteiger partial charge in [0.15, 0.2) is 110 Å². The molecule has 0 bridgehead atoms. The van der Waals surface area contributed by atoms with Crippen molar-refractivity contribution in [2.75, 3.05) is 26.4 Å². The minimum atomic E-state index is -5.88. The van der Waals surface area contributed by atoms with Gasteiger partial charge in [-0.05, 0) is 308 Å². The molecule has 30 heteroatoms. The molecule has 0 aliphatic carbocycles. The van der Waals surface area contributed by atoms with Gasteiger partial charge in [0.1, 0.15) is 17.2 Å². The predicted octanol–water partition coefficient (Wildman–Crippen LogP) is 22.0. The molecule has 3 aliphatic heterocycles. The first-order chi connectivity index (χ1) is 58.5. The highest BCUT2D eigenvalue weighted by atomic mass is 32.2. The van der Waals surface area contributed by atoms with Gasteiger partial charge in [0.05, 0.1) is 71.3 Å². The van der Waals surface area contributed by atoms with Crippen LogP contribution < -0.4 is 14.2 Å². The predicted molar refractivity (Wildman–Crippen MR) is 474 cm³/mol. The molecule has 0 N–H and O–H groups in total. The standard InChI is InChI=1S/C33H40F2O6S2.C32H38F2O6S2.C31H36F2O6S2/c1-22-20-21-39-32(7,41-23(22)2)26-10-16-29(17-11-26)42(28-14-8-25(9-15-28)31(4,5)6)30-18-12-27(13-19-30)40-24(3)33(34,35)43(36,37)38;1-22-8-7-21-38-31(6,40-22)25-11-17-28(18-12-25)41(27-15-9-24(10-16-27)30(3,4)5)29-19-13-26(14-20-29)39-23(2)32(33,34)42(35,36)37;1-22(31(32,33)41(34,35)36)39-25-12-18-28(19-13-25)40(26-14-8-23(9-15-26)29(2,3)4)27-16-10-24(11-17-27)30(5)37-20-6-7-21-38-30/h8-19,22-24H,20-21H2,1-7H3;9-20,22-23H,7-8,21H2,1-6H3;8-19,22H,6-7,20-21H2,1-5H3. The highest BCUT2D eigenvalue weighted by Gasteiger charge is 2.49. The summed E-state index contributed by atoms with van der Waals surface area (Å²) in [5, 5.41) is -13.7. The van der Waals surface area contributed by atoms with Crippen LogP contribution in [0.25, 0.3) is 0 Å². The van der Waals surface area contributed by atoms with Crippen molar-refractivity contribution in [1.29, 1.82) is 0 Å². The Morgan fingerprint density at radius 3 is 0.817 bits per heavy atom. The normalized spacial score (nSPS) is 21.0. The Kier molecular flexibility index (Phi) is 32.0. The Morgan fingerprint density at radius 1 is 0.333 bits per heavy atom. The second-order valence-electron chi connectivity index (χ2n) is 35.2. The van der Waals surface area contributed by atoms with Gasteiger partial charge in [-0.1, -0.05) is 106 Å². The summed E-state index contributed by atoms with van der Waals surface area (Å²) in [5.41, 5.74) is 6.29. The Bertz CT molecular complexity index is 5430. The van der Waals surface area contributed by atoms with Gasteiger partial charge in [-0.15, -0.1) is 0 Å². The summed E-state index contributed by atoms with van der Waals surface area (Å²) in [6.45, 7) is 36.5. The smallest absolute Gasteiger partial charge is 0.369 e. The molecular weight excluding hydrogens is 1750 g/mol. The maximum Gasteiger partial charge on any atom is 0.369 e. The average molecular weight is 1860 g/mol. The lowest BCUT2D eigenvalue weighted by Crippen LogP contribution is -2.42. The molecule has 11 atom stereocenters. The molecule has 126 heavy (non-hydrogen) atoms. The third-order valence-corrected chi connectivity index (χ3v) is 32.0. The number of hydrogen-bond acceptors (Lipinski definition) is 18. The SMILES string of the molecule is CC(Oc1ccc([S+](c2ccc(C(C)(C)C)cc2)c2ccc(C3(C)OCCCCO3)cc2)cc1)C(F)(F)S(=O)(=O)[O-].CC1CCCOC(C)(c2ccc([S+](c3ccc(OC(C)C(F)(F)S(=O)(=O)[O-])cc3)c3ccc(C(C)(C)C)cc3)cc2)O1.CC1CCOC(C)(c2ccc([S+](c3ccc(OC(C)C(F)(F)S(=O)(=O)[O-])cc3)c3ccc(C(C)(C)C)cc3)cc2)OC1C. The molecule has 0 aromatic heterocycles. The summed E-state index contributed by atoms with van der Waals surface area (Å²) in [6.07, 6.45) is -1.65. The molecule has 9 aromatic rings. The van der Waals surface area contributed by atoms with Gasteiger partial charge in [0.2, 0.25) is 0 Å². The van der Waals surface area contributed by atoms with Gasteiger partial charge in [0.25, 0.3) is 0 Å². The first kappa shape index (κ1) is 101. The van der Waals surface area contributed by atoms with E-state index < -0.39 is 114 Å². The fraction of sp³-hybridized carbons (Fsp3) is 0.438. The molecule has 684 valence electrons. The Hall–Kier alpha value is -7.50. The van der Waals surface area contributed by atoms with E-state index >= 15 is 0 Å². The molecular formula is C96H114F6O18S6. The monoisotopic (exact) mass is 1860 g/mol. The van der Waals surface area contributed by atoms with Crippen molar-refractivity contribution in [3.63, 3.8) is 0 Å². The molecule has 3 heterocycles. The maximum absolute atomic E-state index is 14.0. The molecule has 0 spiro atoms. The van der Waals surface area contributed by atoms with E-state index in [0.717, 1.165) is 114 Å². The highest BCUT2D eigenvalue weighted by Crippen LogP contribution is 2.44. The van der Waals surface area contributed by atoms with E-state index in [1.807, 2.05) is 69.3 Å². The lowest BCUT2D eigenvalue weighted by molar-refractivity contribution is -0.243. The number of hydrogen-bond donors (Lipinski definition) is 0. The topological polar surface area (TPSA) is 255 Å². The van der Waals surface area contributed by atoms with Gasteiger partial charge >= 0.3 is 15.8 Å². The number of ether oxygens (including phenoxy) is 9. The molecule has 9 aromatic carbocycles. The van der Waals surface area contributed by atoms with Crippen molar-refractivity contribution in [2.24, 2.45) is 5.92 Å². The van der Waals surface area contributed by atoms with Gasteiger partial charge in [0, 0.05) is 16.7 Å². The van der Waals surface area contributed by atoms with Gasteiger partial charge in [-0.3, -0.25) is 0 Å². The van der Waals surface area contributed by atoms with Gasteiger partial charge in [-0.2, -0.15) is 26.3 Å². The Morgan fingerprint density at radius 2 is 0.556 bits per heavy atom. The van der Waals surface area contributed by atoms with Crippen molar-refractivity contribution in [3.05, 3.63) is 252 Å². The molecule has 12 rings (SSSR count). The van der Waals surface area contributed by atoms with Crippen molar-refractivity contribution in [2.45, 2.75) is 281 Å². The van der Waals surface area contributed by atoms with Crippen LogP contribution in [0.15, 0.2) is 262 Å². The van der Waals surface area contributed by atoms with Crippen LogP contribution in [0.2, 0.25) is 0 Å². The molecule has 0 saturated carbocycles. The molecule has 11 unspecified atom stereocenters. The van der Waals surface area contributed by atoms with Crippen LogP contribution in [0, 0.1) is 5.92 Å². The third kappa shape index (κ3) is 24.6. The second kappa shape index (κ2) is 40.1. The molecule has 3 saturated heterocycles. The van der Waals surface area contributed by atoms with E-state index in [0.29, 0.717) is 32.3 Å².